The molecule has 0 aromatic carbocycles. The molecule has 0 bridgehead atoms. The van der Waals surface area contributed by atoms with Crippen LogP contribution in [0.15, 0.2) is 16.7 Å². The van der Waals surface area contributed by atoms with Crippen LogP contribution in [-0.4, -0.2) is 57.7 Å². The van der Waals surface area contributed by atoms with Gasteiger partial charge in [0.05, 0.1) is 19.0 Å². The third-order valence-electron chi connectivity index (χ3n) is 3.12. The number of thioether (sulfide) groups is 1. The predicted molar refractivity (Wildman–Crippen MR) is 85.5 cm³/mol. The predicted octanol–water partition coefficient (Wildman–Crippen LogP) is 0.839. The van der Waals surface area contributed by atoms with E-state index in [2.05, 4.69) is 25.4 Å². The summed E-state index contributed by atoms with van der Waals surface area (Å²) in [7, 11) is 1.91. The van der Waals surface area contributed by atoms with Crippen LogP contribution in [0, 0.1) is 0 Å². The van der Waals surface area contributed by atoms with Gasteiger partial charge in [0.1, 0.15) is 0 Å². The molecule has 118 valence electrons. The number of morpholine rings is 1. The zero-order valence-corrected chi connectivity index (χ0v) is 13.7. The van der Waals surface area contributed by atoms with E-state index < -0.39 is 0 Å². The van der Waals surface area contributed by atoms with Gasteiger partial charge in [0, 0.05) is 31.7 Å². The zero-order valence-electron chi connectivity index (χ0n) is 12.1. The number of rotatable bonds is 5. The maximum Gasteiger partial charge on any atom is 0.236 e. The Morgan fingerprint density at radius 2 is 2.27 bits per heavy atom. The van der Waals surface area contributed by atoms with Crippen molar-refractivity contribution in [3.05, 3.63) is 11.6 Å². The molecular weight excluding hydrogens is 324 g/mol. The van der Waals surface area contributed by atoms with Crippen molar-refractivity contribution in [2.45, 2.75) is 5.16 Å². The standard InChI is InChI=1S/C12H16N6O2S2/c1-17-11(18-3-5-20-6-4-18)15-16-12(17)22-8-9(19)14-10-13-2-7-21-10/h2,7H,3-6,8H2,1H3,(H,13,14,19). The molecule has 8 nitrogen and oxygen atoms in total. The molecule has 0 radical (unpaired) electrons. The van der Waals surface area contributed by atoms with Crippen molar-refractivity contribution >= 4 is 40.1 Å². The highest BCUT2D eigenvalue weighted by molar-refractivity contribution is 7.99. The molecule has 0 atom stereocenters. The highest BCUT2D eigenvalue weighted by Gasteiger charge is 2.19. The van der Waals surface area contributed by atoms with Crippen LogP contribution in [0.4, 0.5) is 11.1 Å². The highest BCUT2D eigenvalue weighted by atomic mass is 32.2. The minimum absolute atomic E-state index is 0.101. The molecule has 0 unspecified atom stereocenters. The van der Waals surface area contributed by atoms with E-state index in [-0.39, 0.29) is 11.7 Å². The maximum atomic E-state index is 11.9. The van der Waals surface area contributed by atoms with Crippen LogP contribution in [0.25, 0.3) is 0 Å². The van der Waals surface area contributed by atoms with E-state index >= 15 is 0 Å². The van der Waals surface area contributed by atoms with Crippen molar-refractivity contribution < 1.29 is 9.53 Å². The van der Waals surface area contributed by atoms with Crippen LogP contribution in [-0.2, 0) is 16.6 Å². The molecule has 2 aromatic heterocycles. The van der Waals surface area contributed by atoms with Crippen LogP contribution in [0.3, 0.4) is 0 Å². The maximum absolute atomic E-state index is 11.9. The number of thiazole rings is 1. The van der Waals surface area contributed by atoms with E-state index in [4.69, 9.17) is 4.74 Å². The minimum atomic E-state index is -0.101. The van der Waals surface area contributed by atoms with Crippen LogP contribution in [0.2, 0.25) is 0 Å². The van der Waals surface area contributed by atoms with Crippen molar-refractivity contribution in [3.8, 4) is 0 Å². The van der Waals surface area contributed by atoms with Crippen LogP contribution in [0.5, 0.6) is 0 Å². The Balaban J connectivity index is 1.56. The summed E-state index contributed by atoms with van der Waals surface area (Å²) in [5, 5.41) is 14.3. The first-order valence-corrected chi connectivity index (χ1v) is 8.65. The summed E-state index contributed by atoms with van der Waals surface area (Å²) in [6.45, 7) is 3.01. The Bertz CT molecular complexity index is 624. The number of amides is 1. The van der Waals surface area contributed by atoms with Crippen molar-refractivity contribution in [2.24, 2.45) is 7.05 Å². The number of hydrogen-bond acceptors (Lipinski definition) is 8. The fourth-order valence-corrected chi connectivity index (χ4v) is 3.29. The Morgan fingerprint density at radius 3 is 3.00 bits per heavy atom. The number of aromatic nitrogens is 4. The average Bonchev–Trinajstić information content (AvgIpc) is 3.16. The summed E-state index contributed by atoms with van der Waals surface area (Å²) in [5.41, 5.74) is 0. The molecule has 1 aliphatic rings. The van der Waals surface area contributed by atoms with E-state index in [9.17, 15) is 4.79 Å². The Morgan fingerprint density at radius 1 is 1.45 bits per heavy atom. The van der Waals surface area contributed by atoms with Gasteiger partial charge in [-0.05, 0) is 0 Å². The van der Waals surface area contributed by atoms with Gasteiger partial charge < -0.3 is 15.0 Å². The molecule has 3 rings (SSSR count). The van der Waals surface area contributed by atoms with Crippen molar-refractivity contribution in [2.75, 3.05) is 42.3 Å². The summed E-state index contributed by atoms with van der Waals surface area (Å²) < 4.78 is 7.24. The highest BCUT2D eigenvalue weighted by Crippen LogP contribution is 2.21. The Labute approximate surface area is 135 Å². The lowest BCUT2D eigenvalue weighted by atomic mass is 10.4. The third kappa shape index (κ3) is 3.57. The number of anilines is 2. The molecule has 1 aliphatic heterocycles. The van der Waals surface area contributed by atoms with Gasteiger partial charge in [0.2, 0.25) is 11.9 Å². The topological polar surface area (TPSA) is 85.2 Å². The smallest absolute Gasteiger partial charge is 0.236 e. The summed E-state index contributed by atoms with van der Waals surface area (Å²) in [6.07, 6.45) is 1.66. The van der Waals surface area contributed by atoms with Crippen LogP contribution >= 0.6 is 23.1 Å². The molecule has 0 saturated carbocycles. The van der Waals surface area contributed by atoms with Crippen molar-refractivity contribution in [3.63, 3.8) is 0 Å². The second-order valence-corrected chi connectivity index (χ2v) is 6.45. The molecule has 1 amide bonds. The summed E-state index contributed by atoms with van der Waals surface area (Å²) >= 11 is 2.75. The second-order valence-electron chi connectivity index (χ2n) is 4.62. The number of hydrogen-bond donors (Lipinski definition) is 1. The van der Waals surface area contributed by atoms with Gasteiger partial charge >= 0.3 is 0 Å². The molecule has 1 fully saturated rings. The summed E-state index contributed by atoms with van der Waals surface area (Å²) in [5.74, 6) is 0.983. The van der Waals surface area contributed by atoms with Gasteiger partial charge in [-0.2, -0.15) is 0 Å². The quantitative estimate of drug-likeness (QED) is 0.807. The Kier molecular flexibility index (Phi) is 4.90. The lowest BCUT2D eigenvalue weighted by Gasteiger charge is -2.27. The van der Waals surface area contributed by atoms with E-state index in [1.807, 2.05) is 17.0 Å². The van der Waals surface area contributed by atoms with Gasteiger partial charge in [0.15, 0.2) is 10.3 Å². The zero-order chi connectivity index (χ0) is 15.4. The van der Waals surface area contributed by atoms with E-state index in [0.717, 1.165) is 24.2 Å². The monoisotopic (exact) mass is 340 g/mol. The molecule has 2 aromatic rings. The molecular formula is C12H16N6O2S2. The molecule has 3 heterocycles. The van der Waals surface area contributed by atoms with E-state index in [0.29, 0.717) is 18.3 Å². The number of nitrogens with one attached hydrogen (secondary N) is 1. The molecule has 22 heavy (non-hydrogen) atoms. The third-order valence-corrected chi connectivity index (χ3v) is 4.83. The number of carbonyl (C=O) groups excluding carboxylic acids is 1. The number of carbonyl (C=O) groups is 1. The minimum Gasteiger partial charge on any atom is -0.378 e. The van der Waals surface area contributed by atoms with E-state index in [1.165, 1.54) is 23.1 Å². The van der Waals surface area contributed by atoms with Gasteiger partial charge in [-0.15, -0.1) is 21.5 Å². The molecule has 1 N–H and O–H groups in total. The van der Waals surface area contributed by atoms with Gasteiger partial charge in [-0.3, -0.25) is 9.36 Å². The van der Waals surface area contributed by atoms with Gasteiger partial charge in [-0.1, -0.05) is 11.8 Å². The molecule has 1 saturated heterocycles. The van der Waals surface area contributed by atoms with Gasteiger partial charge in [-0.25, -0.2) is 4.98 Å². The van der Waals surface area contributed by atoms with Crippen molar-refractivity contribution in [1.29, 1.82) is 0 Å². The molecule has 0 aliphatic carbocycles. The van der Waals surface area contributed by atoms with E-state index in [1.54, 1.807) is 6.20 Å². The summed E-state index contributed by atoms with van der Waals surface area (Å²) in [6, 6.07) is 0. The lowest BCUT2D eigenvalue weighted by Crippen LogP contribution is -2.37. The van der Waals surface area contributed by atoms with Crippen LogP contribution in [0.1, 0.15) is 0 Å². The van der Waals surface area contributed by atoms with Crippen molar-refractivity contribution in [1.82, 2.24) is 19.7 Å². The largest absolute Gasteiger partial charge is 0.378 e. The fraction of sp³-hybridized carbons (Fsp3) is 0.500. The Hall–Kier alpha value is -1.65. The molecule has 10 heteroatoms. The first-order chi connectivity index (χ1) is 10.7. The SMILES string of the molecule is Cn1c(SCC(=O)Nc2nccs2)nnc1N1CCOCC1. The fourth-order valence-electron chi connectivity index (χ4n) is 2.04. The first-order valence-electron chi connectivity index (χ1n) is 6.78. The second kappa shape index (κ2) is 7.07. The average molecular weight is 340 g/mol. The van der Waals surface area contributed by atoms with Gasteiger partial charge in [0.25, 0.3) is 0 Å². The normalized spacial score (nSPS) is 15.0. The molecule has 0 spiro atoms. The number of nitrogens with zero attached hydrogens (tertiary/aromatic N) is 5. The lowest BCUT2D eigenvalue weighted by molar-refractivity contribution is -0.113. The first kappa shape index (κ1) is 15.3. The number of ether oxygens (including phenoxy) is 1. The summed E-state index contributed by atoms with van der Waals surface area (Å²) in [4.78, 5) is 18.0. The van der Waals surface area contributed by atoms with Crippen LogP contribution < -0.4 is 10.2 Å².